The van der Waals surface area contributed by atoms with Gasteiger partial charge in [-0.3, -0.25) is 0 Å². The van der Waals surface area contributed by atoms with E-state index in [2.05, 4.69) is 25.3 Å². The second-order valence-corrected chi connectivity index (χ2v) is 5.34. The monoisotopic (exact) mass is 198 g/mol. The minimum absolute atomic E-state index is 0.305. The van der Waals surface area contributed by atoms with Crippen molar-refractivity contribution >= 4 is 34.5 Å². The molecule has 0 aliphatic heterocycles. The first kappa shape index (κ1) is 10.8. The molecule has 0 bridgehead atoms. The molecule has 0 aromatic carbocycles. The maximum absolute atomic E-state index is 5.11. The minimum Gasteiger partial charge on any atom is -0.400 e. The Morgan fingerprint density at radius 2 is 1.90 bits per heavy atom. The molecule has 1 atom stereocenters. The number of thiol groups is 2. The highest BCUT2D eigenvalue weighted by atomic mass is 32.1. The van der Waals surface area contributed by atoms with Gasteiger partial charge in [0.15, 0.2) is 0 Å². The Morgan fingerprint density at radius 3 is 2.20 bits per heavy atom. The van der Waals surface area contributed by atoms with Crippen molar-refractivity contribution in [2.45, 2.75) is 11.3 Å². The lowest BCUT2D eigenvalue weighted by Gasteiger charge is -2.13. The van der Waals surface area contributed by atoms with Gasteiger partial charge >= 0.3 is 9.28 Å². The molecule has 0 aliphatic rings. The van der Waals surface area contributed by atoms with Crippen LogP contribution in [0.5, 0.6) is 0 Å². The van der Waals surface area contributed by atoms with Gasteiger partial charge in [-0.1, -0.05) is 0 Å². The van der Waals surface area contributed by atoms with Gasteiger partial charge in [0.05, 0.1) is 0 Å². The largest absolute Gasteiger partial charge is 0.400 e. The Morgan fingerprint density at radius 1 is 1.40 bits per heavy atom. The average Bonchev–Trinajstić information content (AvgIpc) is 1.99. The predicted octanol–water partition coefficient (Wildman–Crippen LogP) is 0.728. The molecule has 0 spiro atoms. The van der Waals surface area contributed by atoms with E-state index in [1.165, 1.54) is 0 Å². The van der Waals surface area contributed by atoms with Gasteiger partial charge < -0.3 is 8.85 Å². The van der Waals surface area contributed by atoms with Gasteiger partial charge in [-0.25, -0.2) is 0 Å². The van der Waals surface area contributed by atoms with E-state index in [1.807, 2.05) is 0 Å². The molecule has 0 amide bonds. The first-order chi connectivity index (χ1) is 4.74. The van der Waals surface area contributed by atoms with Crippen LogP contribution in [0, 0.1) is 0 Å². The summed E-state index contributed by atoms with van der Waals surface area (Å²) in [6.45, 7) is 0. The van der Waals surface area contributed by atoms with E-state index in [0.29, 0.717) is 5.25 Å². The van der Waals surface area contributed by atoms with Crippen molar-refractivity contribution in [3.63, 3.8) is 0 Å². The number of hydrogen-bond acceptors (Lipinski definition) is 4. The molecule has 5 heteroatoms. The van der Waals surface area contributed by atoms with Crippen LogP contribution < -0.4 is 0 Å². The van der Waals surface area contributed by atoms with E-state index in [-0.39, 0.29) is 0 Å². The molecule has 0 heterocycles. The molecule has 62 valence electrons. The fourth-order valence-corrected chi connectivity index (χ4v) is 2.72. The summed E-state index contributed by atoms with van der Waals surface area (Å²) in [5.74, 6) is 0.777. The van der Waals surface area contributed by atoms with Crippen molar-refractivity contribution in [1.82, 2.24) is 0 Å². The van der Waals surface area contributed by atoms with Crippen LogP contribution in [0.4, 0.5) is 0 Å². The molecule has 0 saturated carbocycles. The van der Waals surface area contributed by atoms with Gasteiger partial charge in [0.25, 0.3) is 0 Å². The molecule has 0 saturated heterocycles. The molecule has 10 heavy (non-hydrogen) atoms. The van der Waals surface area contributed by atoms with Crippen molar-refractivity contribution in [2.24, 2.45) is 0 Å². The molecule has 0 aliphatic carbocycles. The van der Waals surface area contributed by atoms with Gasteiger partial charge in [-0.15, -0.1) is 0 Å². The van der Waals surface area contributed by atoms with Gasteiger partial charge in [0.2, 0.25) is 0 Å². The molecular weight excluding hydrogens is 184 g/mol. The summed E-state index contributed by atoms with van der Waals surface area (Å²) >= 11 is 8.38. The van der Waals surface area contributed by atoms with Crippen LogP contribution in [0.2, 0.25) is 6.04 Å². The Kier molecular flexibility index (Phi) is 7.09. The molecule has 0 radical (unpaired) electrons. The SMILES string of the molecule is CO[SiH](CC(S)CS)OC. The zero-order valence-corrected chi connectivity index (χ0v) is 9.22. The van der Waals surface area contributed by atoms with E-state index in [4.69, 9.17) is 8.85 Å². The minimum atomic E-state index is -1.39. The predicted molar refractivity (Wildman–Crippen MR) is 52.6 cm³/mol. The highest BCUT2D eigenvalue weighted by molar-refractivity contribution is 7.84. The molecule has 0 aromatic heterocycles. The van der Waals surface area contributed by atoms with Crippen LogP contribution in [-0.4, -0.2) is 34.5 Å². The van der Waals surface area contributed by atoms with Crippen molar-refractivity contribution in [2.75, 3.05) is 20.0 Å². The molecule has 0 N–H and O–H groups in total. The lowest BCUT2D eigenvalue weighted by molar-refractivity contribution is 0.278. The van der Waals surface area contributed by atoms with Gasteiger partial charge in [-0.05, 0) is 0 Å². The smallest absolute Gasteiger partial charge is 0.322 e. The maximum atomic E-state index is 5.11. The van der Waals surface area contributed by atoms with E-state index in [1.54, 1.807) is 14.2 Å². The Hall–Kier alpha value is 0.837. The Bertz CT molecular complexity index is 80.0. The highest BCUT2D eigenvalue weighted by Gasteiger charge is 2.13. The second kappa shape index (κ2) is 6.54. The summed E-state index contributed by atoms with van der Waals surface area (Å²) in [4.78, 5) is 0. The van der Waals surface area contributed by atoms with Crippen molar-refractivity contribution in [1.29, 1.82) is 0 Å². The van der Waals surface area contributed by atoms with Gasteiger partial charge in [0, 0.05) is 31.3 Å². The molecule has 0 fully saturated rings. The zero-order chi connectivity index (χ0) is 7.98. The van der Waals surface area contributed by atoms with Gasteiger partial charge in [-0.2, -0.15) is 25.3 Å². The fraction of sp³-hybridized carbons (Fsp3) is 1.00. The van der Waals surface area contributed by atoms with Crippen LogP contribution in [0.1, 0.15) is 0 Å². The summed E-state index contributed by atoms with van der Waals surface area (Å²) in [6, 6.07) is 0.916. The summed E-state index contributed by atoms with van der Waals surface area (Å²) in [5, 5.41) is 0.305. The highest BCUT2D eigenvalue weighted by Crippen LogP contribution is 2.08. The first-order valence-electron chi connectivity index (χ1n) is 3.09. The van der Waals surface area contributed by atoms with Gasteiger partial charge in [0.1, 0.15) is 0 Å². The third-order valence-electron chi connectivity index (χ3n) is 1.20. The van der Waals surface area contributed by atoms with Crippen molar-refractivity contribution in [3.05, 3.63) is 0 Å². The zero-order valence-electron chi connectivity index (χ0n) is 6.28. The van der Waals surface area contributed by atoms with E-state index in [9.17, 15) is 0 Å². The van der Waals surface area contributed by atoms with Crippen LogP contribution in [-0.2, 0) is 8.85 Å². The van der Waals surface area contributed by atoms with E-state index < -0.39 is 9.28 Å². The normalized spacial score (nSPS) is 14.1. The number of rotatable bonds is 5. The van der Waals surface area contributed by atoms with Crippen LogP contribution >= 0.6 is 25.3 Å². The van der Waals surface area contributed by atoms with Crippen LogP contribution in [0.25, 0.3) is 0 Å². The molecule has 0 aromatic rings. The lowest BCUT2D eigenvalue weighted by Crippen LogP contribution is -2.23. The van der Waals surface area contributed by atoms with E-state index in [0.717, 1.165) is 11.8 Å². The Labute approximate surface area is 75.0 Å². The lowest BCUT2D eigenvalue weighted by atomic mass is 10.5. The Balaban J connectivity index is 3.41. The number of hydrogen-bond donors (Lipinski definition) is 2. The molecule has 0 rings (SSSR count). The van der Waals surface area contributed by atoms with Crippen molar-refractivity contribution in [3.8, 4) is 0 Å². The average molecular weight is 198 g/mol. The summed E-state index contributed by atoms with van der Waals surface area (Å²) in [7, 11) is 1.97. The van der Waals surface area contributed by atoms with Crippen molar-refractivity contribution < 1.29 is 8.85 Å². The second-order valence-electron chi connectivity index (χ2n) is 1.97. The molecule has 1 unspecified atom stereocenters. The van der Waals surface area contributed by atoms with Crippen LogP contribution in [0.3, 0.4) is 0 Å². The topological polar surface area (TPSA) is 18.5 Å². The van der Waals surface area contributed by atoms with E-state index >= 15 is 0 Å². The summed E-state index contributed by atoms with van der Waals surface area (Å²) in [5.41, 5.74) is 0. The summed E-state index contributed by atoms with van der Waals surface area (Å²) in [6.07, 6.45) is 0. The standard InChI is InChI=1S/C5H14O2S2Si/c1-6-10(7-2)4-5(9)3-8/h5,8-10H,3-4H2,1-2H3. The summed E-state index contributed by atoms with van der Waals surface area (Å²) < 4.78 is 10.2. The third-order valence-corrected chi connectivity index (χ3v) is 4.73. The molecule has 2 nitrogen and oxygen atoms in total. The third kappa shape index (κ3) is 4.62. The maximum Gasteiger partial charge on any atom is 0.322 e. The molecular formula is C5H14O2S2Si. The quantitative estimate of drug-likeness (QED) is 0.501. The van der Waals surface area contributed by atoms with Crippen LogP contribution in [0.15, 0.2) is 0 Å². The first-order valence-corrected chi connectivity index (χ1v) is 6.00. The fourth-order valence-electron chi connectivity index (χ4n) is 0.585.